The van der Waals surface area contributed by atoms with Crippen molar-refractivity contribution in [3.8, 4) is 33.5 Å². The van der Waals surface area contributed by atoms with Crippen LogP contribution in [0.25, 0.3) is 55.3 Å². The van der Waals surface area contributed by atoms with E-state index >= 15 is 0 Å². The summed E-state index contributed by atoms with van der Waals surface area (Å²) >= 11 is 0. The van der Waals surface area contributed by atoms with E-state index in [1.807, 2.05) is 78.1 Å². The van der Waals surface area contributed by atoms with Crippen LogP contribution in [-0.2, 0) is 11.8 Å². The van der Waals surface area contributed by atoms with E-state index < -0.39 is 5.41 Å². The molecular formula is C61H62N2. The Morgan fingerprint density at radius 3 is 1.79 bits per heavy atom. The molecule has 0 saturated heterocycles. The van der Waals surface area contributed by atoms with Crippen LogP contribution in [0, 0.1) is 5.92 Å². The molecule has 2 aromatic heterocycles. The number of pyridine rings is 2. The Morgan fingerprint density at radius 1 is 0.571 bits per heavy atom. The van der Waals surface area contributed by atoms with Gasteiger partial charge in [-0.25, -0.2) is 4.98 Å². The summed E-state index contributed by atoms with van der Waals surface area (Å²) < 4.78 is 0. The fourth-order valence-corrected chi connectivity index (χ4v) is 8.58. The smallest absolute Gasteiger partial charge is 0.0972 e. The average molecular weight is 823 g/mol. The minimum absolute atomic E-state index is 0.439. The number of rotatable bonds is 9. The Balaban J connectivity index is 0.000000415. The lowest BCUT2D eigenvalue weighted by molar-refractivity contribution is 0.646. The molecule has 0 spiro atoms. The summed E-state index contributed by atoms with van der Waals surface area (Å²) in [5.74, 6) is 0.612. The fraction of sp³-hybridized carbons (Fsp3) is 0.180. The molecule has 0 aliphatic heterocycles. The van der Waals surface area contributed by atoms with Crippen LogP contribution in [0.3, 0.4) is 0 Å². The van der Waals surface area contributed by atoms with Crippen LogP contribution in [0.15, 0.2) is 213 Å². The zero-order valence-corrected chi connectivity index (χ0v) is 38.5. The van der Waals surface area contributed by atoms with Crippen LogP contribution in [0.5, 0.6) is 0 Å². The van der Waals surface area contributed by atoms with Crippen LogP contribution in [0.2, 0.25) is 0 Å². The van der Waals surface area contributed by atoms with Crippen molar-refractivity contribution in [2.45, 2.75) is 67.2 Å². The molecule has 316 valence electrons. The summed E-state index contributed by atoms with van der Waals surface area (Å²) in [7, 11) is 0. The number of nitrogens with zero attached hydrogens (tertiary/aromatic N) is 2. The molecule has 0 N–H and O–H groups in total. The maximum absolute atomic E-state index is 5.15. The molecule has 2 heteroatoms. The van der Waals surface area contributed by atoms with Crippen molar-refractivity contribution in [1.29, 1.82) is 0 Å². The molecule has 0 fully saturated rings. The first kappa shape index (κ1) is 45.6. The second-order valence-electron chi connectivity index (χ2n) is 16.0. The lowest BCUT2D eigenvalue weighted by atomic mass is 9.67. The highest BCUT2D eigenvalue weighted by atomic mass is 14.7. The van der Waals surface area contributed by atoms with E-state index in [-0.39, 0.29) is 0 Å². The molecule has 9 rings (SSSR count). The zero-order valence-electron chi connectivity index (χ0n) is 38.5. The summed E-state index contributed by atoms with van der Waals surface area (Å²) in [6.45, 7) is 24.0. The van der Waals surface area contributed by atoms with Crippen molar-refractivity contribution in [2.75, 3.05) is 0 Å². The van der Waals surface area contributed by atoms with Crippen molar-refractivity contribution in [2.24, 2.45) is 5.92 Å². The van der Waals surface area contributed by atoms with Crippen molar-refractivity contribution >= 4 is 21.8 Å². The highest BCUT2D eigenvalue weighted by Crippen LogP contribution is 2.56. The van der Waals surface area contributed by atoms with Crippen molar-refractivity contribution < 1.29 is 0 Å². The van der Waals surface area contributed by atoms with Crippen molar-refractivity contribution in [1.82, 2.24) is 9.97 Å². The summed E-state index contributed by atoms with van der Waals surface area (Å²) in [5, 5.41) is 2.20. The van der Waals surface area contributed by atoms with Gasteiger partial charge in [0.1, 0.15) is 0 Å². The number of aromatic nitrogens is 2. The molecule has 0 bridgehead atoms. The van der Waals surface area contributed by atoms with Gasteiger partial charge in [-0.3, -0.25) is 4.98 Å². The standard InChI is InChI=1S/C47H36N2.C10H14.2C2H6/c1-31(2)28-32-19-24-38(25-20-32)47(42-17-5-3-15-40(42)41-16-4-6-18-43(41)47)39-14-8-11-36(30-39)35-10-7-12-37(29-35)44-26-23-34-22-21-33-13-9-27-48-45(33)46(34)49-44;1-5-6-10(4)8-7-9(2)3;2*1-2/h3-27,29-31H,28H2,1-2H3;5-8H,2,4H2,1,3H3;2*1-2H3/b;6-5-,8-7-;;. The predicted octanol–water partition coefficient (Wildman–Crippen LogP) is 17.0. The average Bonchev–Trinajstić information content (AvgIpc) is 3.63. The SMILES string of the molecule is C=C(C)/C=C\C(=C)/C=C\C.CC.CC.CC(C)Cc1ccc(C2(c3cccc(-c4cccc(-c5ccc6ccc7cccnc7c6n5)c4)c3)c3ccccc3-c3ccccc32)cc1. The van der Waals surface area contributed by atoms with E-state index in [4.69, 9.17) is 4.98 Å². The van der Waals surface area contributed by atoms with Gasteiger partial charge in [-0.2, -0.15) is 0 Å². The first-order chi connectivity index (χ1) is 30.8. The third-order valence-corrected chi connectivity index (χ3v) is 11.2. The van der Waals surface area contributed by atoms with Crippen molar-refractivity contribution in [3.05, 3.63) is 240 Å². The van der Waals surface area contributed by atoms with Gasteiger partial charge in [-0.05, 0) is 106 Å². The van der Waals surface area contributed by atoms with Crippen molar-refractivity contribution in [3.63, 3.8) is 0 Å². The number of allylic oxidation sites excluding steroid dienone is 6. The van der Waals surface area contributed by atoms with Gasteiger partial charge in [0.25, 0.3) is 0 Å². The van der Waals surface area contributed by atoms with Gasteiger partial charge in [0.2, 0.25) is 0 Å². The van der Waals surface area contributed by atoms with Gasteiger partial charge in [0.15, 0.2) is 0 Å². The van der Waals surface area contributed by atoms with Crippen LogP contribution in [0.1, 0.15) is 83.2 Å². The molecule has 0 saturated carbocycles. The molecule has 6 aromatic carbocycles. The van der Waals surface area contributed by atoms with E-state index in [0.29, 0.717) is 5.92 Å². The van der Waals surface area contributed by atoms with E-state index in [2.05, 4.69) is 184 Å². The maximum atomic E-state index is 5.15. The van der Waals surface area contributed by atoms with Gasteiger partial charge in [0.05, 0.1) is 22.1 Å². The second kappa shape index (κ2) is 21.3. The molecule has 2 nitrogen and oxygen atoms in total. The first-order valence-electron chi connectivity index (χ1n) is 22.6. The van der Waals surface area contributed by atoms with E-state index in [1.165, 1.54) is 50.1 Å². The Bertz CT molecular complexity index is 2840. The minimum Gasteiger partial charge on any atom is -0.254 e. The number of benzene rings is 6. The maximum Gasteiger partial charge on any atom is 0.0972 e. The van der Waals surface area contributed by atoms with Gasteiger partial charge in [-0.15, -0.1) is 0 Å². The van der Waals surface area contributed by atoms with Crippen LogP contribution < -0.4 is 0 Å². The third kappa shape index (κ3) is 9.77. The number of hydrogen-bond donors (Lipinski definition) is 0. The van der Waals surface area contributed by atoms with E-state index in [9.17, 15) is 0 Å². The predicted molar refractivity (Wildman–Crippen MR) is 274 cm³/mol. The highest BCUT2D eigenvalue weighted by Gasteiger charge is 2.46. The van der Waals surface area contributed by atoms with Gasteiger partial charge in [-0.1, -0.05) is 218 Å². The topological polar surface area (TPSA) is 25.8 Å². The normalized spacial score (nSPS) is 12.1. The molecule has 1 aliphatic rings. The van der Waals surface area contributed by atoms with E-state index in [1.54, 1.807) is 0 Å². The monoisotopic (exact) mass is 822 g/mol. The lowest BCUT2D eigenvalue weighted by Crippen LogP contribution is -2.28. The molecule has 63 heavy (non-hydrogen) atoms. The van der Waals surface area contributed by atoms with E-state index in [0.717, 1.165) is 50.6 Å². The quantitative estimate of drug-likeness (QED) is 0.107. The second-order valence-corrected chi connectivity index (χ2v) is 16.0. The molecule has 0 atom stereocenters. The summed E-state index contributed by atoms with van der Waals surface area (Å²) in [5.41, 5.74) is 17.1. The van der Waals surface area contributed by atoms with Crippen LogP contribution in [0.4, 0.5) is 0 Å². The van der Waals surface area contributed by atoms with Gasteiger partial charge < -0.3 is 0 Å². The summed E-state index contributed by atoms with van der Waals surface area (Å²) in [6.07, 6.45) is 10.7. The molecular weight excluding hydrogens is 761 g/mol. The minimum atomic E-state index is -0.439. The Hall–Kier alpha value is -6.90. The largest absolute Gasteiger partial charge is 0.254 e. The Labute approximate surface area is 377 Å². The van der Waals surface area contributed by atoms with Gasteiger partial charge in [0, 0.05) is 22.5 Å². The Kier molecular flexibility index (Phi) is 15.4. The first-order valence-corrected chi connectivity index (χ1v) is 22.6. The molecule has 0 radical (unpaired) electrons. The third-order valence-electron chi connectivity index (χ3n) is 11.2. The summed E-state index contributed by atoms with van der Waals surface area (Å²) in [4.78, 5) is 9.83. The molecule has 8 aromatic rings. The van der Waals surface area contributed by atoms with Crippen LogP contribution >= 0.6 is 0 Å². The fourth-order valence-electron chi connectivity index (χ4n) is 8.58. The highest BCUT2D eigenvalue weighted by molar-refractivity contribution is 6.03. The van der Waals surface area contributed by atoms with Crippen LogP contribution in [-0.4, -0.2) is 9.97 Å². The molecule has 0 amide bonds. The number of hydrogen-bond acceptors (Lipinski definition) is 2. The Morgan fingerprint density at radius 2 is 1.16 bits per heavy atom. The molecule has 0 unspecified atom stereocenters. The number of fused-ring (bicyclic) bond motifs is 6. The lowest BCUT2D eigenvalue weighted by Gasteiger charge is -2.34. The molecule has 1 aliphatic carbocycles. The summed E-state index contributed by atoms with van der Waals surface area (Å²) in [6, 6.07) is 57.9. The molecule has 2 heterocycles. The zero-order chi connectivity index (χ0) is 44.9. The van der Waals surface area contributed by atoms with Gasteiger partial charge >= 0.3 is 0 Å².